The van der Waals surface area contributed by atoms with Crippen molar-refractivity contribution in [2.75, 3.05) is 26.7 Å². The van der Waals surface area contributed by atoms with Crippen LogP contribution in [0.4, 0.5) is 0 Å². The predicted molar refractivity (Wildman–Crippen MR) is 66.7 cm³/mol. The largest absolute Gasteiger partial charge is 0.480 e. The van der Waals surface area contributed by atoms with Crippen molar-refractivity contribution in [3.63, 3.8) is 0 Å². The van der Waals surface area contributed by atoms with E-state index in [0.717, 1.165) is 19.5 Å². The molecule has 0 aliphatic rings. The molecule has 0 amide bonds. The summed E-state index contributed by atoms with van der Waals surface area (Å²) in [6.45, 7) is 10.2. The smallest absolute Gasteiger partial charge is 0.324 e. The van der Waals surface area contributed by atoms with Crippen LogP contribution in [0.25, 0.3) is 0 Å². The molecule has 0 fully saturated rings. The molecule has 0 spiro atoms. The molecule has 0 saturated heterocycles. The zero-order valence-corrected chi connectivity index (χ0v) is 11.2. The molecule has 0 aromatic carbocycles. The molecule has 16 heavy (non-hydrogen) atoms. The normalized spacial score (nSPS) is 15.4. The molecule has 2 N–H and O–H groups in total. The number of hydrogen-bond acceptors (Lipinski definition) is 3. The van der Waals surface area contributed by atoms with Gasteiger partial charge in [0, 0.05) is 13.1 Å². The van der Waals surface area contributed by atoms with Crippen molar-refractivity contribution in [2.24, 2.45) is 5.92 Å². The van der Waals surface area contributed by atoms with Crippen molar-refractivity contribution in [3.8, 4) is 0 Å². The number of hydrogen-bond donors (Lipinski definition) is 2. The van der Waals surface area contributed by atoms with Crippen LogP contribution in [0, 0.1) is 5.92 Å². The van der Waals surface area contributed by atoms with E-state index in [-0.39, 0.29) is 0 Å². The summed E-state index contributed by atoms with van der Waals surface area (Å²) >= 11 is 0. The number of carboxylic acid groups (broad SMARTS) is 1. The maximum atomic E-state index is 11.3. The maximum absolute atomic E-state index is 11.3. The van der Waals surface area contributed by atoms with Crippen molar-refractivity contribution in [1.29, 1.82) is 0 Å². The lowest BCUT2D eigenvalue weighted by atomic mass is 10.0. The molecule has 0 heterocycles. The fraction of sp³-hybridized carbons (Fsp3) is 0.917. The molecular formula is C12H26N2O2. The lowest BCUT2D eigenvalue weighted by Gasteiger charge is -2.31. The molecule has 0 saturated carbocycles. The van der Waals surface area contributed by atoms with Gasteiger partial charge in [-0.1, -0.05) is 20.8 Å². The van der Waals surface area contributed by atoms with Crippen molar-refractivity contribution >= 4 is 5.97 Å². The van der Waals surface area contributed by atoms with Crippen molar-refractivity contribution in [1.82, 2.24) is 10.2 Å². The summed E-state index contributed by atoms with van der Waals surface area (Å²) in [5.41, 5.74) is -0.848. The first-order valence-corrected chi connectivity index (χ1v) is 5.98. The number of aliphatic carboxylic acids is 1. The molecule has 1 unspecified atom stereocenters. The quantitative estimate of drug-likeness (QED) is 0.662. The van der Waals surface area contributed by atoms with E-state index in [4.69, 9.17) is 0 Å². The molecule has 0 aliphatic heterocycles. The number of likely N-dealkylation sites (N-methyl/N-ethyl adjacent to an activating group) is 1. The highest BCUT2D eigenvalue weighted by Gasteiger charge is 2.33. The Labute approximate surface area is 99.0 Å². The fourth-order valence-electron chi connectivity index (χ4n) is 1.83. The molecule has 0 rings (SSSR count). The minimum absolute atomic E-state index is 0.528. The van der Waals surface area contributed by atoms with Gasteiger partial charge in [0.25, 0.3) is 0 Å². The third-order valence-electron chi connectivity index (χ3n) is 2.50. The molecule has 0 aromatic heterocycles. The first-order valence-electron chi connectivity index (χ1n) is 5.98. The van der Waals surface area contributed by atoms with Gasteiger partial charge in [-0.15, -0.1) is 0 Å². The molecule has 96 valence electrons. The van der Waals surface area contributed by atoms with Crippen LogP contribution in [0.15, 0.2) is 0 Å². The summed E-state index contributed by atoms with van der Waals surface area (Å²) < 4.78 is 0. The Bertz CT molecular complexity index is 219. The summed E-state index contributed by atoms with van der Waals surface area (Å²) in [5.74, 6) is -0.231. The van der Waals surface area contributed by atoms with Gasteiger partial charge >= 0.3 is 5.97 Å². The zero-order valence-electron chi connectivity index (χ0n) is 11.2. The Morgan fingerprint density at radius 2 is 2.06 bits per heavy atom. The Morgan fingerprint density at radius 1 is 1.50 bits per heavy atom. The van der Waals surface area contributed by atoms with E-state index in [1.807, 2.05) is 14.0 Å². The summed E-state index contributed by atoms with van der Waals surface area (Å²) in [7, 11) is 1.97. The van der Waals surface area contributed by atoms with Crippen LogP contribution < -0.4 is 5.32 Å². The highest BCUT2D eigenvalue weighted by atomic mass is 16.4. The van der Waals surface area contributed by atoms with Gasteiger partial charge in [-0.2, -0.15) is 0 Å². The van der Waals surface area contributed by atoms with E-state index >= 15 is 0 Å². The summed E-state index contributed by atoms with van der Waals surface area (Å²) in [5, 5.41) is 12.4. The number of carboxylic acids is 1. The van der Waals surface area contributed by atoms with E-state index in [1.165, 1.54) is 0 Å². The second-order valence-electron chi connectivity index (χ2n) is 5.15. The highest BCUT2D eigenvalue weighted by Crippen LogP contribution is 2.08. The van der Waals surface area contributed by atoms with Gasteiger partial charge < -0.3 is 15.3 Å². The topological polar surface area (TPSA) is 52.6 Å². The highest BCUT2D eigenvalue weighted by molar-refractivity contribution is 5.78. The van der Waals surface area contributed by atoms with Gasteiger partial charge in [0.1, 0.15) is 5.54 Å². The summed E-state index contributed by atoms with van der Waals surface area (Å²) in [6.07, 6.45) is 0.941. The molecular weight excluding hydrogens is 204 g/mol. The Hall–Kier alpha value is -0.610. The van der Waals surface area contributed by atoms with Gasteiger partial charge in [-0.25, -0.2) is 0 Å². The summed E-state index contributed by atoms with van der Waals surface area (Å²) in [4.78, 5) is 13.3. The standard InChI is InChI=1S/C12H26N2O2/c1-6-7-13-12(4,11(15)16)9-14(5)8-10(2)3/h10,13H,6-9H2,1-5H3,(H,15,16). The van der Waals surface area contributed by atoms with Crippen molar-refractivity contribution in [2.45, 2.75) is 39.7 Å². The number of nitrogens with one attached hydrogen (secondary N) is 1. The lowest BCUT2D eigenvalue weighted by Crippen LogP contribution is -2.56. The zero-order chi connectivity index (χ0) is 12.8. The van der Waals surface area contributed by atoms with Crippen LogP contribution in [0.1, 0.15) is 34.1 Å². The van der Waals surface area contributed by atoms with Crippen LogP contribution in [0.5, 0.6) is 0 Å². The molecule has 0 aromatic rings. The second kappa shape index (κ2) is 6.86. The first kappa shape index (κ1) is 15.4. The third-order valence-corrected chi connectivity index (χ3v) is 2.50. The maximum Gasteiger partial charge on any atom is 0.324 e. The number of rotatable bonds is 8. The van der Waals surface area contributed by atoms with E-state index in [2.05, 4.69) is 24.1 Å². The molecule has 1 atom stereocenters. The van der Waals surface area contributed by atoms with E-state index in [9.17, 15) is 9.90 Å². The van der Waals surface area contributed by atoms with Gasteiger partial charge in [0.05, 0.1) is 0 Å². The minimum Gasteiger partial charge on any atom is -0.480 e. The number of carbonyl (C=O) groups is 1. The van der Waals surface area contributed by atoms with E-state index in [1.54, 1.807) is 6.92 Å². The first-order chi connectivity index (χ1) is 7.31. The van der Waals surface area contributed by atoms with E-state index in [0.29, 0.717) is 12.5 Å². The molecule has 0 bridgehead atoms. The van der Waals surface area contributed by atoms with Crippen molar-refractivity contribution in [3.05, 3.63) is 0 Å². The molecule has 4 heteroatoms. The minimum atomic E-state index is -0.848. The van der Waals surface area contributed by atoms with Crippen LogP contribution in [0.3, 0.4) is 0 Å². The number of nitrogens with zero attached hydrogens (tertiary/aromatic N) is 1. The van der Waals surface area contributed by atoms with Gasteiger partial charge in [0.2, 0.25) is 0 Å². The van der Waals surface area contributed by atoms with Crippen LogP contribution in [0.2, 0.25) is 0 Å². The van der Waals surface area contributed by atoms with E-state index < -0.39 is 11.5 Å². The SMILES string of the molecule is CCCNC(C)(CN(C)CC(C)C)C(=O)O. The van der Waals surface area contributed by atoms with Crippen LogP contribution in [-0.4, -0.2) is 48.2 Å². The Balaban J connectivity index is 4.36. The Kier molecular flexibility index (Phi) is 6.60. The summed E-state index contributed by atoms with van der Waals surface area (Å²) in [6, 6.07) is 0. The monoisotopic (exact) mass is 230 g/mol. The third kappa shape index (κ3) is 5.47. The van der Waals surface area contributed by atoms with Crippen LogP contribution >= 0.6 is 0 Å². The predicted octanol–water partition coefficient (Wildman–Crippen LogP) is 1.42. The molecule has 0 aliphatic carbocycles. The molecule has 0 radical (unpaired) electrons. The average molecular weight is 230 g/mol. The Morgan fingerprint density at radius 3 is 2.44 bits per heavy atom. The lowest BCUT2D eigenvalue weighted by molar-refractivity contribution is -0.145. The van der Waals surface area contributed by atoms with Gasteiger partial charge in [-0.3, -0.25) is 4.79 Å². The van der Waals surface area contributed by atoms with Gasteiger partial charge in [-0.05, 0) is 32.9 Å². The second-order valence-corrected chi connectivity index (χ2v) is 5.15. The van der Waals surface area contributed by atoms with Gasteiger partial charge in [0.15, 0.2) is 0 Å². The fourth-order valence-corrected chi connectivity index (χ4v) is 1.83. The average Bonchev–Trinajstić information content (AvgIpc) is 2.12. The molecule has 4 nitrogen and oxygen atoms in total. The van der Waals surface area contributed by atoms with Crippen LogP contribution in [-0.2, 0) is 4.79 Å². The van der Waals surface area contributed by atoms with Crippen molar-refractivity contribution < 1.29 is 9.90 Å².